The molecular formula is C16H18N4O3. The Morgan fingerprint density at radius 1 is 1.30 bits per heavy atom. The van der Waals surface area contributed by atoms with Gasteiger partial charge in [0.05, 0.1) is 12.7 Å². The van der Waals surface area contributed by atoms with Gasteiger partial charge in [-0.15, -0.1) is 0 Å². The largest absolute Gasteiger partial charge is 0.348 e. The summed E-state index contributed by atoms with van der Waals surface area (Å²) in [6, 6.07) is 9.01. The fraction of sp³-hybridized carbons (Fsp3) is 0.250. The summed E-state index contributed by atoms with van der Waals surface area (Å²) in [4.78, 5) is 41.0. The predicted octanol–water partition coefficient (Wildman–Crippen LogP) is 0.434. The molecule has 23 heavy (non-hydrogen) atoms. The molecule has 3 N–H and O–H groups in total. The van der Waals surface area contributed by atoms with Crippen molar-refractivity contribution < 1.29 is 14.4 Å². The molecule has 0 aliphatic heterocycles. The van der Waals surface area contributed by atoms with Gasteiger partial charge in [-0.3, -0.25) is 9.59 Å². The summed E-state index contributed by atoms with van der Waals surface area (Å²) in [5.74, 6) is -0.181. The molecule has 1 aromatic heterocycles. The second-order valence-corrected chi connectivity index (χ2v) is 5.01. The van der Waals surface area contributed by atoms with Gasteiger partial charge in [-0.2, -0.15) is 0 Å². The minimum Gasteiger partial charge on any atom is -0.348 e. The summed E-state index contributed by atoms with van der Waals surface area (Å²) in [5, 5.41) is 4.92. The number of hydrogen-bond donors (Lipinski definition) is 3. The number of imidazole rings is 1. The zero-order valence-corrected chi connectivity index (χ0v) is 12.7. The van der Waals surface area contributed by atoms with Gasteiger partial charge in [0, 0.05) is 6.42 Å². The van der Waals surface area contributed by atoms with Crippen LogP contribution >= 0.6 is 0 Å². The second-order valence-electron chi connectivity index (χ2n) is 5.01. The number of carbonyl (C=O) groups excluding carboxylic acids is 3. The van der Waals surface area contributed by atoms with Crippen molar-refractivity contribution in [2.75, 3.05) is 6.54 Å². The van der Waals surface area contributed by atoms with Gasteiger partial charge in [-0.05, 0) is 12.5 Å². The lowest BCUT2D eigenvalue weighted by atomic mass is 10.1. The average molecular weight is 314 g/mol. The number of amides is 2. The van der Waals surface area contributed by atoms with E-state index in [1.807, 2.05) is 30.3 Å². The van der Waals surface area contributed by atoms with Gasteiger partial charge in [-0.1, -0.05) is 30.3 Å². The van der Waals surface area contributed by atoms with Crippen LogP contribution in [0.4, 0.5) is 0 Å². The summed E-state index contributed by atoms with van der Waals surface area (Å²) in [6.07, 6.45) is 2.60. The Kier molecular flexibility index (Phi) is 5.62. The van der Waals surface area contributed by atoms with Crippen molar-refractivity contribution >= 4 is 18.1 Å². The topological polar surface area (TPSA) is 104 Å². The standard InChI is InChI=1S/C16H18N4O3/c1-11(15(22)17-7-8-21)19-16(23)13-10-18-14(20-13)9-12-5-3-2-4-6-12/h2-6,8,10-11H,7,9H2,1H3,(H,17,22)(H,18,20)(H,19,23)/t11-/m0/s1. The lowest BCUT2D eigenvalue weighted by Crippen LogP contribution is -2.45. The molecule has 2 rings (SSSR count). The van der Waals surface area contributed by atoms with E-state index in [1.54, 1.807) is 6.92 Å². The Bertz CT molecular complexity index is 682. The summed E-state index contributed by atoms with van der Waals surface area (Å²) in [7, 11) is 0. The van der Waals surface area contributed by atoms with E-state index >= 15 is 0 Å². The number of benzene rings is 1. The third-order valence-electron chi connectivity index (χ3n) is 3.19. The molecule has 0 bridgehead atoms. The maximum absolute atomic E-state index is 12.1. The van der Waals surface area contributed by atoms with Gasteiger partial charge in [0.25, 0.3) is 5.91 Å². The molecule has 0 saturated carbocycles. The highest BCUT2D eigenvalue weighted by Crippen LogP contribution is 2.06. The highest BCUT2D eigenvalue weighted by Gasteiger charge is 2.17. The van der Waals surface area contributed by atoms with E-state index in [2.05, 4.69) is 20.6 Å². The van der Waals surface area contributed by atoms with Gasteiger partial charge in [0.15, 0.2) is 0 Å². The minimum atomic E-state index is -0.747. The van der Waals surface area contributed by atoms with Crippen LogP contribution in [0.15, 0.2) is 36.5 Å². The highest BCUT2D eigenvalue weighted by molar-refractivity contribution is 5.96. The van der Waals surface area contributed by atoms with Gasteiger partial charge in [-0.25, -0.2) is 4.98 Å². The lowest BCUT2D eigenvalue weighted by Gasteiger charge is -2.12. The number of aromatic amines is 1. The molecule has 120 valence electrons. The molecule has 0 unspecified atom stereocenters. The monoisotopic (exact) mass is 314 g/mol. The summed E-state index contributed by atoms with van der Waals surface area (Å²) >= 11 is 0. The third-order valence-corrected chi connectivity index (χ3v) is 3.19. The van der Waals surface area contributed by atoms with Crippen molar-refractivity contribution in [3.8, 4) is 0 Å². The van der Waals surface area contributed by atoms with Gasteiger partial charge in [0.1, 0.15) is 23.8 Å². The SMILES string of the molecule is C[C@H](NC(=O)c1cnc(Cc2ccccc2)[nH]1)C(=O)NCC=O. The van der Waals surface area contributed by atoms with E-state index in [0.29, 0.717) is 18.5 Å². The van der Waals surface area contributed by atoms with Crippen molar-refractivity contribution in [2.45, 2.75) is 19.4 Å². The Balaban J connectivity index is 1.93. The van der Waals surface area contributed by atoms with E-state index in [4.69, 9.17) is 0 Å². The van der Waals surface area contributed by atoms with Crippen LogP contribution in [-0.2, 0) is 16.0 Å². The Hall–Kier alpha value is -2.96. The molecule has 1 aromatic carbocycles. The molecule has 0 saturated heterocycles. The molecule has 0 aliphatic carbocycles. The Labute approximate surface area is 133 Å². The van der Waals surface area contributed by atoms with Crippen LogP contribution in [0.2, 0.25) is 0 Å². The minimum absolute atomic E-state index is 0.0790. The van der Waals surface area contributed by atoms with Crippen LogP contribution in [-0.4, -0.2) is 40.7 Å². The first-order chi connectivity index (χ1) is 11.1. The molecule has 7 heteroatoms. The molecule has 1 heterocycles. The molecule has 2 aromatic rings. The number of rotatable bonds is 7. The average Bonchev–Trinajstić information content (AvgIpc) is 3.02. The van der Waals surface area contributed by atoms with E-state index in [0.717, 1.165) is 5.56 Å². The number of aldehydes is 1. The van der Waals surface area contributed by atoms with Crippen LogP contribution in [0, 0.1) is 0 Å². The van der Waals surface area contributed by atoms with Crippen molar-refractivity contribution in [3.05, 3.63) is 53.6 Å². The van der Waals surface area contributed by atoms with Gasteiger partial charge >= 0.3 is 0 Å². The number of nitrogens with zero attached hydrogens (tertiary/aromatic N) is 1. The first kappa shape index (κ1) is 16.4. The quantitative estimate of drug-likeness (QED) is 0.645. The molecular weight excluding hydrogens is 296 g/mol. The fourth-order valence-corrected chi connectivity index (χ4v) is 1.99. The first-order valence-electron chi connectivity index (χ1n) is 7.20. The molecule has 7 nitrogen and oxygen atoms in total. The van der Waals surface area contributed by atoms with E-state index < -0.39 is 17.9 Å². The molecule has 0 spiro atoms. The first-order valence-corrected chi connectivity index (χ1v) is 7.20. The number of nitrogens with one attached hydrogen (secondary N) is 3. The van der Waals surface area contributed by atoms with Crippen LogP contribution in [0.25, 0.3) is 0 Å². The summed E-state index contributed by atoms with van der Waals surface area (Å²) in [6.45, 7) is 1.46. The number of H-pyrrole nitrogens is 1. The molecule has 0 aliphatic rings. The molecule has 1 atom stereocenters. The van der Waals surface area contributed by atoms with Crippen LogP contribution in [0.1, 0.15) is 28.8 Å². The van der Waals surface area contributed by atoms with E-state index in [9.17, 15) is 14.4 Å². The maximum Gasteiger partial charge on any atom is 0.269 e. The fourth-order valence-electron chi connectivity index (χ4n) is 1.99. The maximum atomic E-state index is 12.1. The van der Waals surface area contributed by atoms with E-state index in [-0.39, 0.29) is 12.2 Å². The number of hydrogen-bond acceptors (Lipinski definition) is 4. The normalized spacial score (nSPS) is 11.5. The summed E-state index contributed by atoms with van der Waals surface area (Å²) in [5.41, 5.74) is 1.36. The Morgan fingerprint density at radius 2 is 2.04 bits per heavy atom. The predicted molar refractivity (Wildman–Crippen MR) is 83.8 cm³/mol. The lowest BCUT2D eigenvalue weighted by molar-refractivity contribution is -0.123. The van der Waals surface area contributed by atoms with Crippen molar-refractivity contribution in [1.82, 2.24) is 20.6 Å². The molecule has 0 radical (unpaired) electrons. The van der Waals surface area contributed by atoms with Gasteiger partial charge < -0.3 is 20.4 Å². The van der Waals surface area contributed by atoms with E-state index in [1.165, 1.54) is 6.20 Å². The number of carbonyl (C=O) groups is 3. The molecule has 0 fully saturated rings. The number of aromatic nitrogens is 2. The summed E-state index contributed by atoms with van der Waals surface area (Å²) < 4.78 is 0. The third kappa shape index (κ3) is 4.77. The van der Waals surface area contributed by atoms with Crippen LogP contribution in [0.3, 0.4) is 0 Å². The highest BCUT2D eigenvalue weighted by atomic mass is 16.2. The van der Waals surface area contributed by atoms with Crippen molar-refractivity contribution in [1.29, 1.82) is 0 Å². The van der Waals surface area contributed by atoms with Crippen LogP contribution < -0.4 is 10.6 Å². The second kappa shape index (κ2) is 7.88. The smallest absolute Gasteiger partial charge is 0.269 e. The van der Waals surface area contributed by atoms with Crippen molar-refractivity contribution in [3.63, 3.8) is 0 Å². The molecule has 2 amide bonds. The zero-order chi connectivity index (χ0) is 16.7. The zero-order valence-electron chi connectivity index (χ0n) is 12.7. The Morgan fingerprint density at radius 3 is 2.74 bits per heavy atom. The van der Waals surface area contributed by atoms with Crippen molar-refractivity contribution in [2.24, 2.45) is 0 Å². The van der Waals surface area contributed by atoms with Gasteiger partial charge in [0.2, 0.25) is 5.91 Å². The van der Waals surface area contributed by atoms with Crippen LogP contribution in [0.5, 0.6) is 0 Å².